The molecule has 1 aliphatic heterocycles. The molecular formula is C9H14N2OS. The average molecular weight is 198 g/mol. The fraction of sp³-hybridized carbons (Fsp3) is 0.667. The second kappa shape index (κ2) is 3.74. The molecule has 3 nitrogen and oxygen atoms in total. The van der Waals surface area contributed by atoms with Crippen molar-refractivity contribution in [2.45, 2.75) is 25.3 Å². The number of thiazole rings is 1. The number of ether oxygens (including phenoxy) is 1. The minimum atomic E-state index is 0.0565. The topological polar surface area (TPSA) is 48.1 Å². The van der Waals surface area contributed by atoms with E-state index < -0.39 is 0 Å². The summed E-state index contributed by atoms with van der Waals surface area (Å²) in [6.45, 7) is 3.66. The van der Waals surface area contributed by atoms with Gasteiger partial charge in [-0.25, -0.2) is 4.98 Å². The third-order valence-corrected chi connectivity index (χ3v) is 3.34. The zero-order valence-corrected chi connectivity index (χ0v) is 8.51. The number of rotatable bonds is 2. The van der Waals surface area contributed by atoms with Crippen LogP contribution in [0.15, 0.2) is 5.38 Å². The summed E-state index contributed by atoms with van der Waals surface area (Å²) >= 11 is 1.65. The van der Waals surface area contributed by atoms with Crippen LogP contribution in [0.3, 0.4) is 0 Å². The summed E-state index contributed by atoms with van der Waals surface area (Å²) in [5.41, 5.74) is 6.90. The molecule has 0 aromatic carbocycles. The zero-order chi connectivity index (χ0) is 9.26. The Hall–Kier alpha value is -0.450. The monoisotopic (exact) mass is 198 g/mol. The predicted octanol–water partition coefficient (Wildman–Crippen LogP) is 1.67. The summed E-state index contributed by atoms with van der Waals surface area (Å²) in [5, 5.41) is 3.14. The van der Waals surface area contributed by atoms with Gasteiger partial charge in [0.25, 0.3) is 0 Å². The Morgan fingerprint density at radius 3 is 3.15 bits per heavy atom. The van der Waals surface area contributed by atoms with Crippen LogP contribution in [0.4, 0.5) is 0 Å². The molecule has 13 heavy (non-hydrogen) atoms. The number of hydrogen-bond donors (Lipinski definition) is 1. The van der Waals surface area contributed by atoms with Crippen LogP contribution < -0.4 is 5.73 Å². The molecule has 0 spiro atoms. The van der Waals surface area contributed by atoms with E-state index in [-0.39, 0.29) is 6.04 Å². The molecule has 0 saturated carbocycles. The summed E-state index contributed by atoms with van der Waals surface area (Å²) in [6, 6.07) is 0.0565. The van der Waals surface area contributed by atoms with Gasteiger partial charge < -0.3 is 10.5 Å². The van der Waals surface area contributed by atoms with Gasteiger partial charge in [0.05, 0.1) is 18.3 Å². The lowest BCUT2D eigenvalue weighted by Crippen LogP contribution is -2.05. The largest absolute Gasteiger partial charge is 0.381 e. The third kappa shape index (κ3) is 1.90. The van der Waals surface area contributed by atoms with Gasteiger partial charge in [-0.2, -0.15) is 0 Å². The molecule has 2 heterocycles. The molecule has 2 atom stereocenters. The Balaban J connectivity index is 2.12. The number of nitrogens with two attached hydrogens (primary N) is 1. The van der Waals surface area contributed by atoms with Crippen LogP contribution in [0.25, 0.3) is 0 Å². The first-order chi connectivity index (χ1) is 6.27. The molecular weight excluding hydrogens is 184 g/mol. The Morgan fingerprint density at radius 2 is 2.62 bits per heavy atom. The Labute approximate surface area is 81.9 Å². The van der Waals surface area contributed by atoms with Crippen molar-refractivity contribution in [3.8, 4) is 0 Å². The second-order valence-corrected chi connectivity index (χ2v) is 4.35. The maximum atomic E-state index is 5.74. The molecule has 1 aliphatic rings. The van der Waals surface area contributed by atoms with E-state index in [9.17, 15) is 0 Å². The smallest absolute Gasteiger partial charge is 0.109 e. The molecule has 2 N–H and O–H groups in total. The van der Waals surface area contributed by atoms with E-state index >= 15 is 0 Å². The highest BCUT2D eigenvalue weighted by Crippen LogP contribution is 2.27. The van der Waals surface area contributed by atoms with Crippen molar-refractivity contribution in [2.75, 3.05) is 13.2 Å². The molecule has 1 aromatic heterocycles. The van der Waals surface area contributed by atoms with Gasteiger partial charge in [-0.3, -0.25) is 0 Å². The SMILES string of the molecule is CC(N)c1nc(C2CCOC2)cs1. The molecule has 0 amide bonds. The van der Waals surface area contributed by atoms with Gasteiger partial charge in [-0.15, -0.1) is 11.3 Å². The van der Waals surface area contributed by atoms with E-state index in [0.29, 0.717) is 5.92 Å². The Morgan fingerprint density at radius 1 is 1.77 bits per heavy atom. The standard InChI is InChI=1S/C9H14N2OS/c1-6(10)9-11-8(5-13-9)7-2-3-12-4-7/h5-7H,2-4,10H2,1H3. The fourth-order valence-corrected chi connectivity index (χ4v) is 2.32. The highest BCUT2D eigenvalue weighted by atomic mass is 32.1. The first-order valence-electron chi connectivity index (χ1n) is 4.56. The molecule has 0 bridgehead atoms. The summed E-state index contributed by atoms with van der Waals surface area (Å²) < 4.78 is 5.31. The van der Waals surface area contributed by atoms with Crippen molar-refractivity contribution in [1.82, 2.24) is 4.98 Å². The molecule has 0 radical (unpaired) electrons. The van der Waals surface area contributed by atoms with Gasteiger partial charge in [-0.1, -0.05) is 0 Å². The first-order valence-corrected chi connectivity index (χ1v) is 5.44. The molecule has 2 rings (SSSR count). The van der Waals surface area contributed by atoms with E-state index in [1.165, 1.54) is 0 Å². The lowest BCUT2D eigenvalue weighted by Gasteiger charge is -2.02. The summed E-state index contributed by atoms with van der Waals surface area (Å²) in [4.78, 5) is 4.51. The fourth-order valence-electron chi connectivity index (χ4n) is 1.47. The van der Waals surface area contributed by atoms with Gasteiger partial charge in [-0.05, 0) is 13.3 Å². The van der Waals surface area contributed by atoms with E-state index in [4.69, 9.17) is 10.5 Å². The van der Waals surface area contributed by atoms with Crippen LogP contribution in [0.2, 0.25) is 0 Å². The molecule has 4 heteroatoms. The normalized spacial score (nSPS) is 24.9. The van der Waals surface area contributed by atoms with E-state index in [1.54, 1.807) is 11.3 Å². The van der Waals surface area contributed by atoms with Gasteiger partial charge in [0.1, 0.15) is 5.01 Å². The molecule has 1 saturated heterocycles. The number of hydrogen-bond acceptors (Lipinski definition) is 4. The highest BCUT2D eigenvalue weighted by molar-refractivity contribution is 7.09. The van der Waals surface area contributed by atoms with Gasteiger partial charge in [0.2, 0.25) is 0 Å². The zero-order valence-electron chi connectivity index (χ0n) is 7.69. The van der Waals surface area contributed by atoms with Crippen molar-refractivity contribution < 1.29 is 4.74 Å². The minimum Gasteiger partial charge on any atom is -0.381 e. The van der Waals surface area contributed by atoms with Crippen LogP contribution in [-0.4, -0.2) is 18.2 Å². The highest BCUT2D eigenvalue weighted by Gasteiger charge is 2.20. The quantitative estimate of drug-likeness (QED) is 0.786. The number of aromatic nitrogens is 1. The van der Waals surface area contributed by atoms with E-state index in [0.717, 1.165) is 30.3 Å². The van der Waals surface area contributed by atoms with Crippen LogP contribution >= 0.6 is 11.3 Å². The number of nitrogens with zero attached hydrogens (tertiary/aromatic N) is 1. The molecule has 0 aliphatic carbocycles. The maximum absolute atomic E-state index is 5.74. The van der Waals surface area contributed by atoms with E-state index in [2.05, 4.69) is 10.4 Å². The third-order valence-electron chi connectivity index (χ3n) is 2.28. The molecule has 72 valence electrons. The van der Waals surface area contributed by atoms with Crippen molar-refractivity contribution in [3.63, 3.8) is 0 Å². The predicted molar refractivity (Wildman–Crippen MR) is 52.9 cm³/mol. The molecule has 1 aromatic rings. The van der Waals surface area contributed by atoms with Gasteiger partial charge in [0.15, 0.2) is 0 Å². The van der Waals surface area contributed by atoms with Crippen molar-refractivity contribution in [3.05, 3.63) is 16.1 Å². The lowest BCUT2D eigenvalue weighted by atomic mass is 10.1. The van der Waals surface area contributed by atoms with Crippen LogP contribution in [0, 0.1) is 0 Å². The van der Waals surface area contributed by atoms with Crippen LogP contribution in [-0.2, 0) is 4.74 Å². The Bertz CT molecular complexity index is 279. The maximum Gasteiger partial charge on any atom is 0.109 e. The van der Waals surface area contributed by atoms with Gasteiger partial charge in [0, 0.05) is 17.9 Å². The van der Waals surface area contributed by atoms with Crippen molar-refractivity contribution in [2.24, 2.45) is 5.73 Å². The van der Waals surface area contributed by atoms with Crippen molar-refractivity contribution >= 4 is 11.3 Å². The summed E-state index contributed by atoms with van der Waals surface area (Å²) in [6.07, 6.45) is 1.10. The lowest BCUT2D eigenvalue weighted by molar-refractivity contribution is 0.193. The van der Waals surface area contributed by atoms with Crippen LogP contribution in [0.5, 0.6) is 0 Å². The minimum absolute atomic E-state index is 0.0565. The molecule has 2 unspecified atom stereocenters. The molecule has 1 fully saturated rings. The summed E-state index contributed by atoms with van der Waals surface area (Å²) in [7, 11) is 0. The first kappa shape index (κ1) is 9.12. The van der Waals surface area contributed by atoms with Gasteiger partial charge >= 0.3 is 0 Å². The van der Waals surface area contributed by atoms with E-state index in [1.807, 2.05) is 6.92 Å². The Kier molecular flexibility index (Phi) is 2.62. The second-order valence-electron chi connectivity index (χ2n) is 3.46. The van der Waals surface area contributed by atoms with Crippen LogP contribution in [0.1, 0.15) is 36.0 Å². The van der Waals surface area contributed by atoms with Crippen molar-refractivity contribution in [1.29, 1.82) is 0 Å². The average Bonchev–Trinajstić information content (AvgIpc) is 2.75. The summed E-state index contributed by atoms with van der Waals surface area (Å²) in [5.74, 6) is 0.503.